The number of carbonyl (C=O) groups excluding carboxylic acids is 2. The summed E-state index contributed by atoms with van der Waals surface area (Å²) >= 11 is 0. The standard InChI is InChI=1S/C19H34O4/c1-6-22-17(20)15(5)19(13-14(3)4,18(21)23-7-2)16-11-9-8-10-12-16/h14-16H,6-13H2,1-5H3. The molecule has 0 bridgehead atoms. The molecule has 0 N–H and O–H groups in total. The second-order valence-electron chi connectivity index (χ2n) is 7.17. The molecule has 134 valence electrons. The smallest absolute Gasteiger partial charge is 0.313 e. The van der Waals surface area contributed by atoms with Crippen molar-refractivity contribution in [2.75, 3.05) is 13.2 Å². The van der Waals surface area contributed by atoms with Crippen LogP contribution in [0.1, 0.15) is 73.1 Å². The van der Waals surface area contributed by atoms with Gasteiger partial charge in [-0.2, -0.15) is 0 Å². The van der Waals surface area contributed by atoms with Gasteiger partial charge in [-0.3, -0.25) is 9.59 Å². The predicted molar refractivity (Wildman–Crippen MR) is 90.9 cm³/mol. The fourth-order valence-electron chi connectivity index (χ4n) is 4.16. The van der Waals surface area contributed by atoms with Crippen LogP contribution in [-0.4, -0.2) is 25.2 Å². The Kier molecular flexibility index (Phi) is 8.07. The number of carbonyl (C=O) groups is 2. The maximum Gasteiger partial charge on any atom is 0.313 e. The van der Waals surface area contributed by atoms with Crippen LogP contribution in [0, 0.1) is 23.2 Å². The summed E-state index contributed by atoms with van der Waals surface area (Å²) in [5.41, 5.74) is -0.753. The van der Waals surface area contributed by atoms with Crippen molar-refractivity contribution >= 4 is 11.9 Å². The molecule has 4 heteroatoms. The van der Waals surface area contributed by atoms with Crippen LogP contribution in [0.3, 0.4) is 0 Å². The van der Waals surface area contributed by atoms with Crippen LogP contribution in [0.5, 0.6) is 0 Å². The molecule has 0 heterocycles. The van der Waals surface area contributed by atoms with E-state index in [0.29, 0.717) is 25.6 Å². The minimum atomic E-state index is -0.753. The first kappa shape index (κ1) is 20.0. The lowest BCUT2D eigenvalue weighted by Crippen LogP contribution is -2.50. The fraction of sp³-hybridized carbons (Fsp3) is 0.895. The summed E-state index contributed by atoms with van der Waals surface area (Å²) in [6.45, 7) is 10.4. The van der Waals surface area contributed by atoms with E-state index in [1.54, 1.807) is 6.92 Å². The lowest BCUT2D eigenvalue weighted by molar-refractivity contribution is -0.176. The topological polar surface area (TPSA) is 52.6 Å². The molecule has 0 aromatic heterocycles. The lowest BCUT2D eigenvalue weighted by Gasteiger charge is -2.44. The number of rotatable bonds is 8. The monoisotopic (exact) mass is 326 g/mol. The minimum Gasteiger partial charge on any atom is -0.466 e. The van der Waals surface area contributed by atoms with Gasteiger partial charge in [0.25, 0.3) is 0 Å². The third kappa shape index (κ3) is 4.71. The molecule has 0 amide bonds. The highest BCUT2D eigenvalue weighted by Crippen LogP contribution is 2.49. The summed E-state index contributed by atoms with van der Waals surface area (Å²) in [5.74, 6) is -0.421. The summed E-state index contributed by atoms with van der Waals surface area (Å²) in [4.78, 5) is 25.5. The Morgan fingerprint density at radius 1 is 1.00 bits per heavy atom. The van der Waals surface area contributed by atoms with Crippen LogP contribution >= 0.6 is 0 Å². The summed E-state index contributed by atoms with van der Waals surface area (Å²) in [5, 5.41) is 0. The van der Waals surface area contributed by atoms with Crippen molar-refractivity contribution in [2.45, 2.75) is 73.1 Å². The summed E-state index contributed by atoms with van der Waals surface area (Å²) in [6, 6.07) is 0. The highest BCUT2D eigenvalue weighted by Gasteiger charge is 2.54. The van der Waals surface area contributed by atoms with Crippen LogP contribution in [0.4, 0.5) is 0 Å². The number of esters is 2. The van der Waals surface area contributed by atoms with E-state index < -0.39 is 11.3 Å². The number of hydrogen-bond acceptors (Lipinski definition) is 4. The van der Waals surface area contributed by atoms with Gasteiger partial charge in [0.15, 0.2) is 0 Å². The predicted octanol–water partition coefficient (Wildman–Crippen LogP) is 4.36. The van der Waals surface area contributed by atoms with E-state index in [2.05, 4.69) is 13.8 Å². The van der Waals surface area contributed by atoms with E-state index >= 15 is 0 Å². The van der Waals surface area contributed by atoms with Crippen molar-refractivity contribution in [2.24, 2.45) is 23.2 Å². The van der Waals surface area contributed by atoms with E-state index in [1.165, 1.54) is 6.42 Å². The number of ether oxygens (including phenoxy) is 2. The molecule has 0 aromatic rings. The molecule has 2 atom stereocenters. The summed E-state index contributed by atoms with van der Waals surface area (Å²) in [7, 11) is 0. The van der Waals surface area contributed by atoms with Gasteiger partial charge in [-0.05, 0) is 44.9 Å². The molecule has 0 aromatic carbocycles. The summed E-state index contributed by atoms with van der Waals surface area (Å²) in [6.07, 6.45) is 6.13. The molecule has 23 heavy (non-hydrogen) atoms. The molecule has 1 fully saturated rings. The fourth-order valence-corrected chi connectivity index (χ4v) is 4.16. The Morgan fingerprint density at radius 2 is 1.57 bits per heavy atom. The van der Waals surface area contributed by atoms with Gasteiger partial charge >= 0.3 is 11.9 Å². The van der Waals surface area contributed by atoms with Crippen molar-refractivity contribution in [1.29, 1.82) is 0 Å². The molecule has 1 aliphatic rings. The van der Waals surface area contributed by atoms with Gasteiger partial charge in [0.05, 0.1) is 24.5 Å². The van der Waals surface area contributed by atoms with Crippen LogP contribution in [0.25, 0.3) is 0 Å². The molecule has 0 radical (unpaired) electrons. The molecule has 0 spiro atoms. The third-order valence-electron chi connectivity index (χ3n) is 5.15. The Morgan fingerprint density at radius 3 is 2.04 bits per heavy atom. The second-order valence-corrected chi connectivity index (χ2v) is 7.17. The van der Waals surface area contributed by atoms with Gasteiger partial charge in [-0.25, -0.2) is 0 Å². The molecule has 1 aliphatic carbocycles. The zero-order valence-electron chi connectivity index (χ0n) is 15.5. The first-order chi connectivity index (χ1) is 10.9. The van der Waals surface area contributed by atoms with E-state index in [1.807, 2.05) is 13.8 Å². The SMILES string of the molecule is CCOC(=O)C(C)C(CC(C)C)(C(=O)OCC)C1CCCCC1. The molecule has 0 saturated heterocycles. The van der Waals surface area contributed by atoms with E-state index in [9.17, 15) is 9.59 Å². The van der Waals surface area contributed by atoms with Gasteiger partial charge in [-0.15, -0.1) is 0 Å². The lowest BCUT2D eigenvalue weighted by atomic mass is 9.59. The minimum absolute atomic E-state index is 0.206. The largest absolute Gasteiger partial charge is 0.466 e. The van der Waals surface area contributed by atoms with Crippen molar-refractivity contribution in [3.8, 4) is 0 Å². The Balaban J connectivity index is 3.25. The Labute approximate surface area is 141 Å². The van der Waals surface area contributed by atoms with Crippen molar-refractivity contribution < 1.29 is 19.1 Å². The van der Waals surface area contributed by atoms with Gasteiger partial charge in [0, 0.05) is 0 Å². The average molecular weight is 326 g/mol. The van der Waals surface area contributed by atoms with Crippen molar-refractivity contribution in [3.05, 3.63) is 0 Å². The van der Waals surface area contributed by atoms with Crippen LogP contribution < -0.4 is 0 Å². The first-order valence-electron chi connectivity index (χ1n) is 9.23. The molecule has 0 aliphatic heterocycles. The molecular weight excluding hydrogens is 292 g/mol. The molecule has 1 rings (SSSR count). The third-order valence-corrected chi connectivity index (χ3v) is 5.15. The first-order valence-corrected chi connectivity index (χ1v) is 9.23. The summed E-state index contributed by atoms with van der Waals surface area (Å²) < 4.78 is 10.7. The van der Waals surface area contributed by atoms with Gasteiger partial charge < -0.3 is 9.47 Å². The van der Waals surface area contributed by atoms with Crippen molar-refractivity contribution in [1.82, 2.24) is 0 Å². The normalized spacial score (nSPS) is 19.9. The van der Waals surface area contributed by atoms with Gasteiger partial charge in [-0.1, -0.05) is 40.0 Å². The Bertz CT molecular complexity index is 385. The molecular formula is C19H34O4. The van der Waals surface area contributed by atoms with Crippen LogP contribution in [0.2, 0.25) is 0 Å². The Hall–Kier alpha value is -1.06. The van der Waals surface area contributed by atoms with Crippen LogP contribution in [0.15, 0.2) is 0 Å². The number of hydrogen-bond donors (Lipinski definition) is 0. The molecule has 2 unspecified atom stereocenters. The second kappa shape index (κ2) is 9.29. The average Bonchev–Trinajstić information content (AvgIpc) is 2.53. The van der Waals surface area contributed by atoms with E-state index in [-0.39, 0.29) is 17.9 Å². The van der Waals surface area contributed by atoms with Crippen molar-refractivity contribution in [3.63, 3.8) is 0 Å². The van der Waals surface area contributed by atoms with E-state index in [0.717, 1.165) is 25.7 Å². The highest BCUT2D eigenvalue weighted by molar-refractivity contribution is 5.85. The highest BCUT2D eigenvalue weighted by atomic mass is 16.5. The van der Waals surface area contributed by atoms with E-state index in [4.69, 9.17) is 9.47 Å². The molecule has 4 nitrogen and oxygen atoms in total. The zero-order valence-corrected chi connectivity index (χ0v) is 15.5. The zero-order chi connectivity index (χ0) is 17.5. The van der Waals surface area contributed by atoms with Crippen LogP contribution in [-0.2, 0) is 19.1 Å². The van der Waals surface area contributed by atoms with Gasteiger partial charge in [0.2, 0.25) is 0 Å². The maximum atomic E-state index is 13.0. The maximum absolute atomic E-state index is 13.0. The molecule has 1 saturated carbocycles. The quantitative estimate of drug-likeness (QED) is 0.622. The van der Waals surface area contributed by atoms with Gasteiger partial charge in [0.1, 0.15) is 0 Å².